The van der Waals surface area contributed by atoms with Crippen LogP contribution in [0.2, 0.25) is 0 Å². The van der Waals surface area contributed by atoms with Crippen molar-refractivity contribution >= 4 is 12.9 Å². The Balaban J connectivity index is 1.94. The lowest BCUT2D eigenvalue weighted by molar-refractivity contribution is -0.0711. The number of unbranched alkanes of at least 4 members (excludes halogenated alkanes) is 7. The molecule has 0 aromatic heterocycles. The number of para-hydroxylation sites is 1. The second-order valence-corrected chi connectivity index (χ2v) is 11.4. The Morgan fingerprint density at radius 1 is 0.750 bits per heavy atom. The third kappa shape index (κ3) is 16.4. The van der Waals surface area contributed by atoms with Crippen LogP contribution < -0.4 is 10.0 Å². The van der Waals surface area contributed by atoms with E-state index in [4.69, 9.17) is 33.2 Å². The summed E-state index contributed by atoms with van der Waals surface area (Å²) in [5.74, 6) is 0.249. The first-order valence-electron chi connectivity index (χ1n) is 14.8. The van der Waals surface area contributed by atoms with Crippen molar-refractivity contribution in [3.63, 3.8) is 0 Å². The summed E-state index contributed by atoms with van der Waals surface area (Å²) < 4.78 is 52.1. The fourth-order valence-corrected chi connectivity index (χ4v) is 5.06. The molecule has 1 atom stereocenters. The number of hydrogen-bond donors (Lipinski definition) is 2. The second-order valence-electron chi connectivity index (χ2n) is 9.86. The molecule has 1 aliphatic heterocycles. The molecule has 0 amide bonds. The maximum Gasteiger partial charge on any atom is 0.359 e. The molecular formula is C29H51O10P. The van der Waals surface area contributed by atoms with Crippen LogP contribution in [0.5, 0.6) is 5.75 Å². The zero-order valence-electron chi connectivity index (χ0n) is 24.3. The molecule has 0 aliphatic carbocycles. The normalized spacial score (nSPS) is 19.5. The van der Waals surface area contributed by atoms with Crippen LogP contribution in [0.15, 0.2) is 18.2 Å². The van der Waals surface area contributed by atoms with E-state index in [0.717, 1.165) is 24.8 Å². The van der Waals surface area contributed by atoms with E-state index in [1.165, 1.54) is 38.2 Å². The number of aryl methyl sites for hydroxylation is 1. The average molecular weight is 591 g/mol. The van der Waals surface area contributed by atoms with Gasteiger partial charge < -0.3 is 42.9 Å². The van der Waals surface area contributed by atoms with Gasteiger partial charge in [-0.3, -0.25) is 4.57 Å². The molecule has 1 unspecified atom stereocenters. The Kier molecular flexibility index (Phi) is 19.8. The predicted octanol–water partition coefficient (Wildman–Crippen LogP) is 4.03. The van der Waals surface area contributed by atoms with Gasteiger partial charge in [0.25, 0.3) is 0 Å². The molecule has 1 fully saturated rings. The van der Waals surface area contributed by atoms with Crippen molar-refractivity contribution < 1.29 is 47.5 Å². The lowest BCUT2D eigenvalue weighted by atomic mass is 10.0. The van der Waals surface area contributed by atoms with Crippen molar-refractivity contribution in [2.75, 3.05) is 79.3 Å². The lowest BCUT2D eigenvalue weighted by Gasteiger charge is -2.22. The molecule has 1 aromatic rings. The van der Waals surface area contributed by atoms with E-state index in [1.54, 1.807) is 6.07 Å². The summed E-state index contributed by atoms with van der Waals surface area (Å²) in [7, 11) is -4.53. The first-order valence-corrected chi connectivity index (χ1v) is 16.4. The highest BCUT2D eigenvalue weighted by Gasteiger charge is 2.25. The molecule has 0 spiro atoms. The van der Waals surface area contributed by atoms with Gasteiger partial charge in [-0.05, 0) is 24.5 Å². The van der Waals surface area contributed by atoms with E-state index in [9.17, 15) is 14.4 Å². The van der Waals surface area contributed by atoms with Gasteiger partial charge in [0.15, 0.2) is 0 Å². The molecule has 232 valence electrons. The summed E-state index contributed by atoms with van der Waals surface area (Å²) in [5.41, 5.74) is 0.798. The lowest BCUT2D eigenvalue weighted by Crippen LogP contribution is -2.30. The van der Waals surface area contributed by atoms with Crippen LogP contribution in [0.1, 0.15) is 63.9 Å². The van der Waals surface area contributed by atoms with E-state index in [1.807, 2.05) is 6.07 Å². The molecule has 2 rings (SSSR count). The summed E-state index contributed by atoms with van der Waals surface area (Å²) in [6, 6.07) is 5.00. The van der Waals surface area contributed by atoms with Crippen LogP contribution in [0.4, 0.5) is 0 Å². The molecule has 1 heterocycles. The minimum absolute atomic E-state index is 0.0826. The molecule has 1 aromatic carbocycles. The van der Waals surface area contributed by atoms with Gasteiger partial charge in [-0.15, -0.1) is 0 Å². The first-order chi connectivity index (χ1) is 19.5. The summed E-state index contributed by atoms with van der Waals surface area (Å²) in [6.45, 7) is 6.92. The molecule has 0 bridgehead atoms. The first kappa shape index (κ1) is 35.1. The second kappa shape index (κ2) is 22.5. The van der Waals surface area contributed by atoms with Gasteiger partial charge in [-0.25, -0.2) is 0 Å². The predicted molar refractivity (Wildman–Crippen MR) is 154 cm³/mol. The molecular weight excluding hydrogens is 539 g/mol. The third-order valence-corrected chi connectivity index (χ3v) is 7.46. The monoisotopic (exact) mass is 590 g/mol. The van der Waals surface area contributed by atoms with Crippen molar-refractivity contribution in [1.82, 2.24) is 0 Å². The smallest absolute Gasteiger partial charge is 0.359 e. The maximum atomic E-state index is 12.3. The maximum absolute atomic E-state index is 12.3. The van der Waals surface area contributed by atoms with E-state index >= 15 is 0 Å². The minimum atomic E-state index is -4.53. The molecule has 1 saturated heterocycles. The number of rotatable bonds is 13. The standard InChI is InChI=1S/C29H51O10P/c1-2-3-4-5-6-7-8-9-11-26-12-10-13-28(40(30,31)32)29(26)39-25-27-24-37-21-20-35-17-16-33-14-15-34-18-19-36-22-23-38-27/h10,12-13,27H,2-9,11,14-25H2,1H3,(H2,30,31,32). The Morgan fingerprint density at radius 3 is 1.85 bits per heavy atom. The summed E-state index contributed by atoms with van der Waals surface area (Å²) in [6.07, 6.45) is 9.71. The fourth-order valence-electron chi connectivity index (χ4n) is 4.30. The molecule has 40 heavy (non-hydrogen) atoms. The van der Waals surface area contributed by atoms with Crippen LogP contribution in [-0.4, -0.2) is 95.2 Å². The largest absolute Gasteiger partial charge is 0.490 e. The van der Waals surface area contributed by atoms with E-state index < -0.39 is 13.7 Å². The van der Waals surface area contributed by atoms with Crippen LogP contribution >= 0.6 is 7.60 Å². The van der Waals surface area contributed by atoms with Crippen molar-refractivity contribution in [2.24, 2.45) is 0 Å². The highest BCUT2D eigenvalue weighted by atomic mass is 31.2. The molecule has 2 N–H and O–H groups in total. The zero-order valence-corrected chi connectivity index (χ0v) is 25.2. The topological polar surface area (TPSA) is 122 Å². The van der Waals surface area contributed by atoms with Crippen molar-refractivity contribution in [2.45, 2.75) is 70.8 Å². The van der Waals surface area contributed by atoms with Crippen LogP contribution in [0.3, 0.4) is 0 Å². The van der Waals surface area contributed by atoms with Crippen molar-refractivity contribution in [1.29, 1.82) is 0 Å². The van der Waals surface area contributed by atoms with Gasteiger partial charge in [0.1, 0.15) is 23.8 Å². The van der Waals surface area contributed by atoms with Gasteiger partial charge >= 0.3 is 7.60 Å². The van der Waals surface area contributed by atoms with Gasteiger partial charge in [0.05, 0.1) is 72.7 Å². The van der Waals surface area contributed by atoms with E-state index in [0.29, 0.717) is 72.5 Å². The van der Waals surface area contributed by atoms with Gasteiger partial charge in [0.2, 0.25) is 0 Å². The highest BCUT2D eigenvalue weighted by molar-refractivity contribution is 7.60. The zero-order chi connectivity index (χ0) is 28.7. The third-order valence-electron chi connectivity index (χ3n) is 6.48. The van der Waals surface area contributed by atoms with Gasteiger partial charge in [-0.1, -0.05) is 64.0 Å². The molecule has 1 aliphatic rings. The van der Waals surface area contributed by atoms with E-state index in [2.05, 4.69) is 6.92 Å². The van der Waals surface area contributed by atoms with Gasteiger partial charge in [-0.2, -0.15) is 0 Å². The SMILES string of the molecule is CCCCCCCCCCc1cccc(P(=O)(O)O)c1OCC1COCCOCCOCCOCCOCCO1. The Bertz CT molecular complexity index is 785. The van der Waals surface area contributed by atoms with Crippen LogP contribution in [0.25, 0.3) is 0 Å². The van der Waals surface area contributed by atoms with Crippen molar-refractivity contribution in [3.8, 4) is 5.75 Å². The number of hydrogen-bond acceptors (Lipinski definition) is 8. The van der Waals surface area contributed by atoms with E-state index in [-0.39, 0.29) is 24.3 Å². The Morgan fingerprint density at radius 2 is 1.27 bits per heavy atom. The quantitative estimate of drug-likeness (QED) is 0.257. The summed E-state index contributed by atoms with van der Waals surface area (Å²) >= 11 is 0. The highest BCUT2D eigenvalue weighted by Crippen LogP contribution is 2.39. The Labute approximate surface area is 240 Å². The van der Waals surface area contributed by atoms with Crippen molar-refractivity contribution in [3.05, 3.63) is 23.8 Å². The summed E-state index contributed by atoms with van der Waals surface area (Å²) in [4.78, 5) is 20.0. The van der Waals surface area contributed by atoms with Crippen LogP contribution in [-0.2, 0) is 39.4 Å². The molecule has 0 radical (unpaired) electrons. The molecule has 0 saturated carbocycles. The average Bonchev–Trinajstić information content (AvgIpc) is 2.93. The summed E-state index contributed by atoms with van der Waals surface area (Å²) in [5, 5.41) is -0.0929. The minimum Gasteiger partial charge on any atom is -0.490 e. The molecule has 11 heteroatoms. The van der Waals surface area contributed by atoms with Crippen LogP contribution in [0, 0.1) is 0 Å². The Hall–Kier alpha value is -1.07. The fraction of sp³-hybridized carbons (Fsp3) is 0.793. The number of ether oxygens (including phenoxy) is 7. The van der Waals surface area contributed by atoms with Gasteiger partial charge in [0, 0.05) is 0 Å². The number of benzene rings is 1. The molecule has 10 nitrogen and oxygen atoms in total.